The van der Waals surface area contributed by atoms with E-state index >= 15 is 0 Å². The van der Waals surface area contributed by atoms with Crippen molar-refractivity contribution in [2.45, 2.75) is 24.8 Å². The van der Waals surface area contributed by atoms with E-state index in [9.17, 15) is 33.0 Å². The number of rotatable bonds is 5. The molecule has 5 nitrogen and oxygen atoms in total. The number of benzene rings is 1. The second-order valence-corrected chi connectivity index (χ2v) is 4.24. The molecule has 0 saturated carbocycles. The Morgan fingerprint density at radius 1 is 1.19 bits per heavy atom. The largest absolute Gasteiger partial charge is 0.469 e. The molecule has 0 aliphatic rings. The first-order valence-electron chi connectivity index (χ1n) is 5.81. The molecule has 116 valence electrons. The minimum absolute atomic E-state index is 0.0742. The van der Waals surface area contributed by atoms with Gasteiger partial charge in [-0.15, -0.1) is 0 Å². The molecule has 8 heteroatoms. The maximum absolute atomic E-state index is 12.2. The van der Waals surface area contributed by atoms with Gasteiger partial charge in [-0.05, 0) is 5.56 Å². The highest BCUT2D eigenvalue weighted by Crippen LogP contribution is 2.24. The van der Waals surface area contributed by atoms with Crippen molar-refractivity contribution in [2.24, 2.45) is 0 Å². The van der Waals surface area contributed by atoms with Gasteiger partial charge in [-0.1, -0.05) is 24.3 Å². The minimum Gasteiger partial charge on any atom is -0.469 e. The van der Waals surface area contributed by atoms with Gasteiger partial charge in [0, 0.05) is 5.56 Å². The van der Waals surface area contributed by atoms with Gasteiger partial charge in [0.1, 0.15) is 6.10 Å². The van der Waals surface area contributed by atoms with E-state index in [0.717, 1.165) is 31.4 Å². The summed E-state index contributed by atoms with van der Waals surface area (Å²) in [5.74, 6) is -2.75. The molecule has 21 heavy (non-hydrogen) atoms. The molecule has 0 aliphatic heterocycles. The summed E-state index contributed by atoms with van der Waals surface area (Å²) in [6.45, 7) is 0. The van der Waals surface area contributed by atoms with Crippen LogP contribution in [0.15, 0.2) is 24.3 Å². The zero-order valence-electron chi connectivity index (χ0n) is 10.9. The van der Waals surface area contributed by atoms with Gasteiger partial charge in [0.2, 0.25) is 0 Å². The van der Waals surface area contributed by atoms with Gasteiger partial charge in [-0.3, -0.25) is 9.59 Å². The first kappa shape index (κ1) is 17.1. The van der Waals surface area contributed by atoms with Crippen LogP contribution < -0.4 is 0 Å². The lowest BCUT2D eigenvalue weighted by atomic mass is 10.00. The molecular formula is C13H13F3O5. The van der Waals surface area contributed by atoms with E-state index in [-0.39, 0.29) is 5.56 Å². The first-order chi connectivity index (χ1) is 9.66. The van der Waals surface area contributed by atoms with E-state index in [2.05, 4.69) is 4.74 Å². The molecule has 2 N–H and O–H groups in total. The summed E-state index contributed by atoms with van der Waals surface area (Å²) in [7, 11) is 1.11. The molecule has 2 atom stereocenters. The standard InChI is InChI=1S/C13H13F3O5/c1-21-10(18)6-9(17)11(19)7-2-4-8(5-3-7)12(20)13(14,15)16/h2-5,9,11,17,19H,6H2,1H3. The van der Waals surface area contributed by atoms with E-state index in [1.807, 2.05) is 0 Å². The Balaban J connectivity index is 2.82. The number of hydrogen-bond acceptors (Lipinski definition) is 5. The second kappa shape index (κ2) is 6.68. The van der Waals surface area contributed by atoms with Crippen LogP contribution in [0.1, 0.15) is 28.4 Å². The predicted molar refractivity (Wildman–Crippen MR) is 64.4 cm³/mol. The zero-order chi connectivity index (χ0) is 16.2. The van der Waals surface area contributed by atoms with Crippen molar-refractivity contribution in [1.29, 1.82) is 0 Å². The summed E-state index contributed by atoms with van der Waals surface area (Å²) in [6.07, 6.45) is -8.41. The van der Waals surface area contributed by atoms with Gasteiger partial charge in [0.15, 0.2) is 0 Å². The molecule has 2 unspecified atom stereocenters. The summed E-state index contributed by atoms with van der Waals surface area (Å²) in [5.41, 5.74) is -0.508. The van der Waals surface area contributed by atoms with Crippen LogP contribution in [0.2, 0.25) is 0 Å². The molecule has 0 spiro atoms. The van der Waals surface area contributed by atoms with Crippen molar-refractivity contribution in [1.82, 2.24) is 0 Å². The molecule has 0 aromatic heterocycles. The van der Waals surface area contributed by atoms with E-state index in [1.54, 1.807) is 0 Å². The van der Waals surface area contributed by atoms with Crippen LogP contribution in [0, 0.1) is 0 Å². The topological polar surface area (TPSA) is 83.8 Å². The third-order valence-electron chi connectivity index (χ3n) is 2.74. The van der Waals surface area contributed by atoms with Gasteiger partial charge in [0.05, 0.1) is 19.6 Å². The number of halogens is 3. The molecular weight excluding hydrogens is 293 g/mol. The Hall–Kier alpha value is -1.93. The number of ether oxygens (including phenoxy) is 1. The van der Waals surface area contributed by atoms with E-state index in [1.165, 1.54) is 0 Å². The quantitative estimate of drug-likeness (QED) is 0.634. The number of carbonyl (C=O) groups excluding carboxylic acids is 2. The van der Waals surface area contributed by atoms with Gasteiger partial charge >= 0.3 is 12.1 Å². The maximum atomic E-state index is 12.2. The summed E-state index contributed by atoms with van der Waals surface area (Å²) in [4.78, 5) is 21.9. The van der Waals surface area contributed by atoms with E-state index in [0.29, 0.717) is 0 Å². The van der Waals surface area contributed by atoms with Crippen molar-refractivity contribution in [3.05, 3.63) is 35.4 Å². The summed E-state index contributed by atoms with van der Waals surface area (Å²) in [5, 5.41) is 19.3. The Kier molecular flexibility index (Phi) is 5.45. The van der Waals surface area contributed by atoms with Crippen molar-refractivity contribution >= 4 is 11.8 Å². The second-order valence-electron chi connectivity index (χ2n) is 4.24. The van der Waals surface area contributed by atoms with Crippen LogP contribution in [0.5, 0.6) is 0 Å². The Bertz CT molecular complexity index is 510. The number of hydrogen-bond donors (Lipinski definition) is 2. The lowest BCUT2D eigenvalue weighted by Crippen LogP contribution is -2.24. The van der Waals surface area contributed by atoms with Crippen molar-refractivity contribution < 1.29 is 37.7 Å². The lowest BCUT2D eigenvalue weighted by molar-refractivity contribution is -0.144. The fourth-order valence-electron chi connectivity index (χ4n) is 1.58. The van der Waals surface area contributed by atoms with Crippen molar-refractivity contribution in [3.8, 4) is 0 Å². The molecule has 0 fully saturated rings. The smallest absolute Gasteiger partial charge is 0.454 e. The average molecular weight is 306 g/mol. The molecule has 0 aliphatic carbocycles. The SMILES string of the molecule is COC(=O)CC(O)C(O)c1ccc(C(=O)C(F)(F)F)cc1. The van der Waals surface area contributed by atoms with Crippen molar-refractivity contribution in [3.63, 3.8) is 0 Å². The molecule has 0 radical (unpaired) electrons. The zero-order valence-corrected chi connectivity index (χ0v) is 10.9. The highest BCUT2D eigenvalue weighted by Gasteiger charge is 2.39. The third-order valence-corrected chi connectivity index (χ3v) is 2.74. The third kappa shape index (κ3) is 4.54. The number of esters is 1. The Morgan fingerprint density at radius 3 is 2.14 bits per heavy atom. The predicted octanol–water partition coefficient (Wildman–Crippen LogP) is 1.39. The molecule has 0 saturated heterocycles. The van der Waals surface area contributed by atoms with Gasteiger partial charge in [0.25, 0.3) is 5.78 Å². The number of carbonyl (C=O) groups is 2. The van der Waals surface area contributed by atoms with Crippen LogP contribution >= 0.6 is 0 Å². The summed E-state index contributed by atoms with van der Waals surface area (Å²) < 4.78 is 41.0. The Labute approximate surface area is 118 Å². The lowest BCUT2D eigenvalue weighted by Gasteiger charge is -2.17. The summed E-state index contributed by atoms with van der Waals surface area (Å²) >= 11 is 0. The molecule has 1 aromatic rings. The maximum Gasteiger partial charge on any atom is 0.454 e. The highest BCUT2D eigenvalue weighted by molar-refractivity contribution is 6.00. The van der Waals surface area contributed by atoms with Crippen molar-refractivity contribution in [2.75, 3.05) is 7.11 Å². The average Bonchev–Trinajstić information content (AvgIpc) is 2.44. The van der Waals surface area contributed by atoms with Crippen LogP contribution in [0.25, 0.3) is 0 Å². The van der Waals surface area contributed by atoms with E-state index < -0.39 is 42.1 Å². The molecule has 0 heterocycles. The molecule has 0 bridgehead atoms. The van der Waals surface area contributed by atoms with Crippen LogP contribution in [0.3, 0.4) is 0 Å². The number of methoxy groups -OCH3 is 1. The number of alkyl halides is 3. The molecule has 1 aromatic carbocycles. The van der Waals surface area contributed by atoms with Gasteiger partial charge in [-0.2, -0.15) is 13.2 Å². The number of ketones is 1. The minimum atomic E-state index is -4.98. The van der Waals surface area contributed by atoms with Crippen LogP contribution in [0.4, 0.5) is 13.2 Å². The number of aliphatic hydroxyl groups is 2. The van der Waals surface area contributed by atoms with Gasteiger partial charge < -0.3 is 14.9 Å². The van der Waals surface area contributed by atoms with Gasteiger partial charge in [-0.25, -0.2) is 0 Å². The number of aliphatic hydroxyl groups excluding tert-OH is 2. The van der Waals surface area contributed by atoms with E-state index in [4.69, 9.17) is 0 Å². The van der Waals surface area contributed by atoms with Crippen LogP contribution in [-0.2, 0) is 9.53 Å². The fraction of sp³-hybridized carbons (Fsp3) is 0.385. The normalized spacial score (nSPS) is 14.4. The number of Topliss-reactive ketones (excluding diaryl/α,β-unsaturated/α-hetero) is 1. The fourth-order valence-corrected chi connectivity index (χ4v) is 1.58. The monoisotopic (exact) mass is 306 g/mol. The highest BCUT2D eigenvalue weighted by atomic mass is 19.4. The summed E-state index contributed by atoms with van der Waals surface area (Å²) in [6, 6.07) is 3.92. The molecule has 0 amide bonds. The van der Waals surface area contributed by atoms with Crippen LogP contribution in [-0.4, -0.2) is 41.4 Å². The first-order valence-corrected chi connectivity index (χ1v) is 5.81. The Morgan fingerprint density at radius 2 is 1.71 bits per heavy atom. The molecule has 1 rings (SSSR count).